The summed E-state index contributed by atoms with van der Waals surface area (Å²) >= 11 is 0. The van der Waals surface area contributed by atoms with E-state index in [0.717, 1.165) is 11.3 Å². The molecule has 1 aromatic rings. The summed E-state index contributed by atoms with van der Waals surface area (Å²) in [6, 6.07) is 7.36. The number of benzene rings is 1. The van der Waals surface area contributed by atoms with Crippen molar-refractivity contribution < 1.29 is 4.79 Å². The normalized spacial score (nSPS) is 19.2. The molecule has 0 aliphatic carbocycles. The van der Waals surface area contributed by atoms with Crippen molar-refractivity contribution in [1.82, 2.24) is 0 Å². The molecule has 0 radical (unpaired) electrons. The molecule has 0 spiro atoms. The van der Waals surface area contributed by atoms with Crippen LogP contribution in [0.15, 0.2) is 24.3 Å². The zero-order valence-corrected chi connectivity index (χ0v) is 8.81. The van der Waals surface area contributed by atoms with Gasteiger partial charge in [0.05, 0.1) is 0 Å². The third-order valence-corrected chi connectivity index (χ3v) is 2.71. The average Bonchev–Trinajstić information content (AvgIpc) is 2.71. The summed E-state index contributed by atoms with van der Waals surface area (Å²) in [6.07, 6.45) is 11.0. The van der Waals surface area contributed by atoms with Crippen molar-refractivity contribution in [3.05, 3.63) is 29.8 Å². The molecule has 1 amide bonds. The van der Waals surface area contributed by atoms with Gasteiger partial charge in [0.1, 0.15) is 0 Å². The lowest BCUT2D eigenvalue weighted by Crippen LogP contribution is -2.24. The Kier molecular flexibility index (Phi) is 2.66. The van der Waals surface area contributed by atoms with E-state index in [-0.39, 0.29) is 11.8 Å². The number of nitrogens with zero attached hydrogens (tertiary/aromatic N) is 1. The minimum absolute atomic E-state index is 0.0276. The summed E-state index contributed by atoms with van der Waals surface area (Å²) in [5, 5.41) is 0. The van der Waals surface area contributed by atoms with E-state index in [2.05, 4.69) is 11.8 Å². The summed E-state index contributed by atoms with van der Waals surface area (Å²) in [7, 11) is 0. The van der Waals surface area contributed by atoms with Gasteiger partial charge in [0.15, 0.2) is 0 Å². The molecule has 1 aliphatic heterocycles. The summed E-state index contributed by atoms with van der Waals surface area (Å²) in [5.41, 5.74) is 1.67. The van der Waals surface area contributed by atoms with Crippen LogP contribution in [0.1, 0.15) is 12.0 Å². The molecule has 0 aromatic heterocycles. The van der Waals surface area contributed by atoms with Crippen molar-refractivity contribution in [3.8, 4) is 24.7 Å². The van der Waals surface area contributed by atoms with E-state index in [0.29, 0.717) is 13.0 Å². The van der Waals surface area contributed by atoms with Gasteiger partial charge >= 0.3 is 0 Å². The van der Waals surface area contributed by atoms with E-state index in [1.54, 1.807) is 4.90 Å². The first kappa shape index (κ1) is 10.3. The number of amides is 1. The second-order valence-electron chi connectivity index (χ2n) is 3.76. The predicted molar refractivity (Wildman–Crippen MR) is 63.7 cm³/mol. The Morgan fingerprint density at radius 1 is 1.25 bits per heavy atom. The summed E-state index contributed by atoms with van der Waals surface area (Å²) < 4.78 is 0. The van der Waals surface area contributed by atoms with Gasteiger partial charge in [-0.3, -0.25) is 4.79 Å². The lowest BCUT2D eigenvalue weighted by molar-refractivity contribution is -0.117. The SMILES string of the molecule is C#Cc1ccc(N2CC(C#C)CC2=O)cc1. The van der Waals surface area contributed by atoms with Gasteiger partial charge in [-0.25, -0.2) is 0 Å². The number of hydrogen-bond donors (Lipinski definition) is 0. The number of anilines is 1. The fourth-order valence-corrected chi connectivity index (χ4v) is 1.81. The zero-order chi connectivity index (χ0) is 11.5. The van der Waals surface area contributed by atoms with E-state index < -0.39 is 0 Å². The monoisotopic (exact) mass is 209 g/mol. The highest BCUT2D eigenvalue weighted by atomic mass is 16.2. The molecule has 0 saturated carbocycles. The first-order valence-electron chi connectivity index (χ1n) is 5.08. The quantitative estimate of drug-likeness (QED) is 0.644. The van der Waals surface area contributed by atoms with Crippen LogP contribution in [-0.2, 0) is 4.79 Å². The molecule has 78 valence electrons. The summed E-state index contributed by atoms with van der Waals surface area (Å²) in [5.74, 6) is 5.27. The van der Waals surface area contributed by atoms with Crippen LogP contribution in [0.4, 0.5) is 5.69 Å². The largest absolute Gasteiger partial charge is 0.311 e. The van der Waals surface area contributed by atoms with Crippen LogP contribution < -0.4 is 4.90 Å². The van der Waals surface area contributed by atoms with Gasteiger partial charge in [0.25, 0.3) is 0 Å². The fraction of sp³-hybridized carbons (Fsp3) is 0.214. The molecule has 1 aromatic carbocycles. The molecule has 1 unspecified atom stereocenters. The highest BCUT2D eigenvalue weighted by Crippen LogP contribution is 2.24. The number of carbonyl (C=O) groups excluding carboxylic acids is 1. The van der Waals surface area contributed by atoms with E-state index in [1.165, 1.54) is 0 Å². The van der Waals surface area contributed by atoms with Crippen LogP contribution >= 0.6 is 0 Å². The summed E-state index contributed by atoms with van der Waals surface area (Å²) in [6.45, 7) is 0.602. The molecule has 1 aliphatic rings. The van der Waals surface area contributed by atoms with E-state index in [9.17, 15) is 4.79 Å². The minimum atomic E-state index is 0.0276. The third-order valence-electron chi connectivity index (χ3n) is 2.71. The Morgan fingerprint density at radius 2 is 1.94 bits per heavy atom. The smallest absolute Gasteiger partial charge is 0.228 e. The lowest BCUT2D eigenvalue weighted by atomic mass is 10.1. The Morgan fingerprint density at radius 3 is 2.44 bits per heavy atom. The minimum Gasteiger partial charge on any atom is -0.311 e. The van der Waals surface area contributed by atoms with Gasteiger partial charge in [-0.15, -0.1) is 18.8 Å². The molecular weight excluding hydrogens is 198 g/mol. The first-order chi connectivity index (χ1) is 7.74. The van der Waals surface area contributed by atoms with E-state index in [1.807, 2.05) is 24.3 Å². The van der Waals surface area contributed by atoms with Crippen molar-refractivity contribution in [3.63, 3.8) is 0 Å². The van der Waals surface area contributed by atoms with Crippen LogP contribution in [0.3, 0.4) is 0 Å². The summed E-state index contributed by atoms with van der Waals surface area (Å²) in [4.78, 5) is 13.4. The van der Waals surface area contributed by atoms with Gasteiger partial charge in [0.2, 0.25) is 5.91 Å². The molecule has 0 N–H and O–H groups in total. The average molecular weight is 209 g/mol. The van der Waals surface area contributed by atoms with Crippen molar-refractivity contribution in [2.45, 2.75) is 6.42 Å². The Bertz CT molecular complexity index is 487. The van der Waals surface area contributed by atoms with Crippen LogP contribution in [0.25, 0.3) is 0 Å². The molecule has 2 heteroatoms. The second kappa shape index (κ2) is 4.13. The number of hydrogen-bond acceptors (Lipinski definition) is 1. The molecule has 0 bridgehead atoms. The maximum atomic E-state index is 11.7. The molecule has 1 saturated heterocycles. The van der Waals surface area contributed by atoms with Crippen LogP contribution in [0, 0.1) is 30.6 Å². The fourth-order valence-electron chi connectivity index (χ4n) is 1.81. The Labute approximate surface area is 95.3 Å². The number of rotatable bonds is 1. The van der Waals surface area contributed by atoms with Gasteiger partial charge in [-0.1, -0.05) is 5.92 Å². The van der Waals surface area contributed by atoms with Crippen molar-refractivity contribution >= 4 is 11.6 Å². The standard InChI is InChI=1S/C14H11NO/c1-3-11-5-7-13(8-6-11)15-10-12(4-2)9-14(15)16/h1-2,5-8,12H,9-10H2. The van der Waals surface area contributed by atoms with Crippen molar-refractivity contribution in [2.75, 3.05) is 11.4 Å². The predicted octanol–water partition coefficient (Wildman–Crippen LogP) is 1.65. The maximum absolute atomic E-state index is 11.7. The van der Waals surface area contributed by atoms with Gasteiger partial charge in [-0.05, 0) is 24.3 Å². The maximum Gasteiger partial charge on any atom is 0.228 e. The highest BCUT2D eigenvalue weighted by molar-refractivity contribution is 5.96. The molecular formula is C14H11NO. The molecule has 2 rings (SSSR count). The molecule has 1 atom stereocenters. The van der Waals surface area contributed by atoms with Crippen molar-refractivity contribution in [1.29, 1.82) is 0 Å². The van der Waals surface area contributed by atoms with Crippen LogP contribution in [0.2, 0.25) is 0 Å². The Balaban J connectivity index is 2.23. The molecule has 1 fully saturated rings. The molecule has 1 heterocycles. The second-order valence-corrected chi connectivity index (χ2v) is 3.76. The Hall–Kier alpha value is -2.19. The highest BCUT2D eigenvalue weighted by Gasteiger charge is 2.29. The topological polar surface area (TPSA) is 20.3 Å². The first-order valence-corrected chi connectivity index (χ1v) is 5.08. The van der Waals surface area contributed by atoms with Gasteiger partial charge < -0.3 is 4.90 Å². The number of carbonyl (C=O) groups is 1. The molecule has 2 nitrogen and oxygen atoms in total. The van der Waals surface area contributed by atoms with Crippen LogP contribution in [0.5, 0.6) is 0 Å². The van der Waals surface area contributed by atoms with Gasteiger partial charge in [0, 0.05) is 30.1 Å². The third kappa shape index (κ3) is 1.78. The van der Waals surface area contributed by atoms with Crippen LogP contribution in [-0.4, -0.2) is 12.5 Å². The number of terminal acetylenes is 2. The lowest BCUT2D eigenvalue weighted by Gasteiger charge is -2.15. The van der Waals surface area contributed by atoms with Crippen molar-refractivity contribution in [2.24, 2.45) is 5.92 Å². The van der Waals surface area contributed by atoms with E-state index in [4.69, 9.17) is 12.8 Å². The van der Waals surface area contributed by atoms with Gasteiger partial charge in [-0.2, -0.15) is 0 Å². The zero-order valence-electron chi connectivity index (χ0n) is 8.81. The molecule has 16 heavy (non-hydrogen) atoms. The van der Waals surface area contributed by atoms with E-state index >= 15 is 0 Å².